The fraction of sp³-hybridized carbons (Fsp3) is 0.667. The van der Waals surface area contributed by atoms with Gasteiger partial charge in [-0.3, -0.25) is 0 Å². The van der Waals surface area contributed by atoms with E-state index in [0.717, 1.165) is 25.0 Å². The zero-order valence-corrected chi connectivity index (χ0v) is 7.27. The second kappa shape index (κ2) is 2.90. The van der Waals surface area contributed by atoms with Crippen LogP contribution in [0.25, 0.3) is 0 Å². The molecule has 0 radical (unpaired) electrons. The molecule has 1 N–H and O–H groups in total. The van der Waals surface area contributed by atoms with Crippen LogP contribution in [-0.4, -0.2) is 20.8 Å². The van der Waals surface area contributed by atoms with Crippen molar-refractivity contribution in [3.05, 3.63) is 18.2 Å². The molecule has 2 rings (SSSR count). The maximum absolute atomic E-state index is 9.33. The summed E-state index contributed by atoms with van der Waals surface area (Å²) in [7, 11) is 1.97. The van der Waals surface area contributed by atoms with E-state index in [1.807, 2.05) is 24.1 Å². The molecule has 0 spiro atoms. The maximum Gasteiger partial charge on any atom is 0.0946 e. The summed E-state index contributed by atoms with van der Waals surface area (Å²) < 4.78 is 1.96. The Labute approximate surface area is 72.0 Å². The molecular weight excluding hydrogens is 152 g/mol. The third-order valence-electron chi connectivity index (χ3n) is 2.55. The predicted octanol–water partition coefficient (Wildman–Crippen LogP) is 1.05. The van der Waals surface area contributed by atoms with Crippen molar-refractivity contribution in [2.45, 2.75) is 31.3 Å². The topological polar surface area (TPSA) is 38.0 Å². The molecular formula is C9H14N2O. The summed E-state index contributed by atoms with van der Waals surface area (Å²) in [4.78, 5) is 4.28. The van der Waals surface area contributed by atoms with Crippen LogP contribution in [0.5, 0.6) is 0 Å². The SMILES string of the molecule is Cn1cnc(C2CCC(O)C2)c1. The molecule has 1 aromatic heterocycles. The van der Waals surface area contributed by atoms with Crippen LogP contribution >= 0.6 is 0 Å². The van der Waals surface area contributed by atoms with E-state index in [0.29, 0.717) is 5.92 Å². The highest BCUT2D eigenvalue weighted by Gasteiger charge is 2.25. The van der Waals surface area contributed by atoms with Gasteiger partial charge in [0.05, 0.1) is 18.1 Å². The number of imidazole rings is 1. The van der Waals surface area contributed by atoms with Crippen molar-refractivity contribution < 1.29 is 5.11 Å². The number of rotatable bonds is 1. The first kappa shape index (κ1) is 7.80. The van der Waals surface area contributed by atoms with Gasteiger partial charge in [-0.2, -0.15) is 0 Å². The molecule has 66 valence electrons. The van der Waals surface area contributed by atoms with Crippen molar-refractivity contribution in [3.8, 4) is 0 Å². The van der Waals surface area contributed by atoms with Crippen LogP contribution in [0.15, 0.2) is 12.5 Å². The van der Waals surface area contributed by atoms with Gasteiger partial charge in [0.2, 0.25) is 0 Å². The molecule has 2 unspecified atom stereocenters. The number of aliphatic hydroxyl groups excluding tert-OH is 1. The van der Waals surface area contributed by atoms with Crippen LogP contribution in [0.2, 0.25) is 0 Å². The molecule has 3 nitrogen and oxygen atoms in total. The minimum Gasteiger partial charge on any atom is -0.393 e. The minimum absolute atomic E-state index is 0.1000. The lowest BCUT2D eigenvalue weighted by Crippen LogP contribution is -1.99. The third-order valence-corrected chi connectivity index (χ3v) is 2.55. The molecule has 2 atom stereocenters. The van der Waals surface area contributed by atoms with E-state index in [1.165, 1.54) is 0 Å². The molecule has 0 aliphatic heterocycles. The van der Waals surface area contributed by atoms with E-state index in [2.05, 4.69) is 4.98 Å². The van der Waals surface area contributed by atoms with Gasteiger partial charge in [0.25, 0.3) is 0 Å². The van der Waals surface area contributed by atoms with Crippen molar-refractivity contribution in [2.75, 3.05) is 0 Å². The third kappa shape index (κ3) is 1.37. The van der Waals surface area contributed by atoms with Gasteiger partial charge in [0, 0.05) is 19.2 Å². The highest BCUT2D eigenvalue weighted by molar-refractivity contribution is 5.07. The first-order chi connectivity index (χ1) is 5.75. The Balaban J connectivity index is 2.11. The van der Waals surface area contributed by atoms with E-state index in [9.17, 15) is 5.11 Å². The number of aryl methyl sites for hydroxylation is 1. The zero-order chi connectivity index (χ0) is 8.55. The summed E-state index contributed by atoms with van der Waals surface area (Å²) >= 11 is 0. The van der Waals surface area contributed by atoms with Crippen LogP contribution in [-0.2, 0) is 7.05 Å². The Kier molecular flexibility index (Phi) is 1.89. The fourth-order valence-corrected chi connectivity index (χ4v) is 1.87. The molecule has 0 amide bonds. The molecule has 1 aliphatic carbocycles. The molecule has 1 fully saturated rings. The number of hydrogen-bond donors (Lipinski definition) is 1. The van der Waals surface area contributed by atoms with Crippen molar-refractivity contribution >= 4 is 0 Å². The smallest absolute Gasteiger partial charge is 0.0946 e. The molecule has 0 bridgehead atoms. The van der Waals surface area contributed by atoms with Gasteiger partial charge < -0.3 is 9.67 Å². The lowest BCUT2D eigenvalue weighted by atomic mass is 10.1. The Bertz CT molecular complexity index is 269. The van der Waals surface area contributed by atoms with Gasteiger partial charge in [-0.15, -0.1) is 0 Å². The van der Waals surface area contributed by atoms with E-state index in [-0.39, 0.29) is 6.10 Å². The number of aromatic nitrogens is 2. The van der Waals surface area contributed by atoms with E-state index in [1.54, 1.807) is 0 Å². The number of aliphatic hydroxyl groups is 1. The summed E-state index contributed by atoms with van der Waals surface area (Å²) in [6.07, 6.45) is 6.66. The second-order valence-electron chi connectivity index (χ2n) is 3.63. The first-order valence-corrected chi connectivity index (χ1v) is 4.41. The Morgan fingerprint density at radius 3 is 2.92 bits per heavy atom. The summed E-state index contributed by atoms with van der Waals surface area (Å²) in [5, 5.41) is 9.33. The monoisotopic (exact) mass is 166 g/mol. The molecule has 1 saturated carbocycles. The summed E-state index contributed by atoms with van der Waals surface area (Å²) in [5.41, 5.74) is 1.13. The lowest BCUT2D eigenvalue weighted by molar-refractivity contribution is 0.181. The van der Waals surface area contributed by atoms with Crippen LogP contribution in [0, 0.1) is 0 Å². The Hall–Kier alpha value is -0.830. The highest BCUT2D eigenvalue weighted by Crippen LogP contribution is 2.33. The lowest BCUT2D eigenvalue weighted by Gasteiger charge is -2.03. The number of nitrogens with zero attached hydrogens (tertiary/aromatic N) is 2. The Morgan fingerprint density at radius 1 is 1.58 bits per heavy atom. The summed E-state index contributed by atoms with van der Waals surface area (Å²) in [6, 6.07) is 0. The van der Waals surface area contributed by atoms with Crippen LogP contribution in [0.4, 0.5) is 0 Å². The molecule has 0 saturated heterocycles. The van der Waals surface area contributed by atoms with Crippen LogP contribution in [0.3, 0.4) is 0 Å². The Morgan fingerprint density at radius 2 is 2.42 bits per heavy atom. The average Bonchev–Trinajstić information content (AvgIpc) is 2.58. The van der Waals surface area contributed by atoms with Crippen molar-refractivity contribution in [1.82, 2.24) is 9.55 Å². The molecule has 12 heavy (non-hydrogen) atoms. The van der Waals surface area contributed by atoms with Gasteiger partial charge in [0.15, 0.2) is 0 Å². The normalized spacial score (nSPS) is 29.5. The average molecular weight is 166 g/mol. The van der Waals surface area contributed by atoms with Crippen molar-refractivity contribution in [1.29, 1.82) is 0 Å². The van der Waals surface area contributed by atoms with Gasteiger partial charge in [0.1, 0.15) is 0 Å². The zero-order valence-electron chi connectivity index (χ0n) is 7.27. The second-order valence-corrected chi connectivity index (χ2v) is 3.63. The largest absolute Gasteiger partial charge is 0.393 e. The quantitative estimate of drug-likeness (QED) is 0.677. The van der Waals surface area contributed by atoms with E-state index < -0.39 is 0 Å². The van der Waals surface area contributed by atoms with Gasteiger partial charge in [-0.05, 0) is 19.3 Å². The number of hydrogen-bond acceptors (Lipinski definition) is 2. The summed E-state index contributed by atoms with van der Waals surface area (Å²) in [5.74, 6) is 0.487. The first-order valence-electron chi connectivity index (χ1n) is 4.41. The van der Waals surface area contributed by atoms with Crippen LogP contribution < -0.4 is 0 Å². The predicted molar refractivity (Wildman–Crippen MR) is 45.8 cm³/mol. The summed E-state index contributed by atoms with van der Waals surface area (Å²) in [6.45, 7) is 0. The minimum atomic E-state index is -0.1000. The van der Waals surface area contributed by atoms with Crippen molar-refractivity contribution in [3.63, 3.8) is 0 Å². The molecule has 1 aliphatic rings. The molecule has 0 aromatic carbocycles. The van der Waals surface area contributed by atoms with Crippen molar-refractivity contribution in [2.24, 2.45) is 7.05 Å². The molecule has 1 heterocycles. The maximum atomic E-state index is 9.33. The fourth-order valence-electron chi connectivity index (χ4n) is 1.87. The standard InChI is InChI=1S/C9H14N2O/c1-11-5-9(10-6-11)7-2-3-8(12)4-7/h5-8,12H,2-4H2,1H3. The molecule has 1 aromatic rings. The van der Waals surface area contributed by atoms with E-state index >= 15 is 0 Å². The van der Waals surface area contributed by atoms with Gasteiger partial charge in [-0.25, -0.2) is 4.98 Å². The highest BCUT2D eigenvalue weighted by atomic mass is 16.3. The van der Waals surface area contributed by atoms with E-state index in [4.69, 9.17) is 0 Å². The molecule has 3 heteroatoms. The van der Waals surface area contributed by atoms with Gasteiger partial charge in [-0.1, -0.05) is 0 Å². The van der Waals surface area contributed by atoms with Crippen LogP contribution in [0.1, 0.15) is 30.9 Å². The van der Waals surface area contributed by atoms with Gasteiger partial charge >= 0.3 is 0 Å².